The number of hydrogen-bond donors (Lipinski definition) is 2. The Morgan fingerprint density at radius 1 is 1.53 bits per heavy atom. The number of nitrogens with zero attached hydrogens (tertiary/aromatic N) is 2. The fourth-order valence-electron chi connectivity index (χ4n) is 1.89. The van der Waals surface area contributed by atoms with Crippen LogP contribution in [0.4, 0.5) is 5.69 Å². The van der Waals surface area contributed by atoms with Crippen LogP contribution >= 0.6 is 0 Å². The van der Waals surface area contributed by atoms with Crippen molar-refractivity contribution >= 4 is 11.6 Å². The van der Waals surface area contributed by atoms with E-state index in [0.29, 0.717) is 11.3 Å². The first-order chi connectivity index (χ1) is 8.15. The highest BCUT2D eigenvalue weighted by atomic mass is 16.2. The van der Waals surface area contributed by atoms with E-state index in [2.05, 4.69) is 24.3 Å². The van der Waals surface area contributed by atoms with E-state index in [9.17, 15) is 4.79 Å². The Morgan fingerprint density at radius 3 is 2.71 bits per heavy atom. The monoisotopic (exact) mass is 236 g/mol. The Hall–Kier alpha value is -1.62. The van der Waals surface area contributed by atoms with E-state index in [-0.39, 0.29) is 11.9 Å². The largest absolute Gasteiger partial charge is 0.339 e. The number of nitrogens with one attached hydrogen (secondary N) is 1. The quantitative estimate of drug-likeness (QED) is 0.602. The van der Waals surface area contributed by atoms with Gasteiger partial charge in [0.1, 0.15) is 0 Å². The van der Waals surface area contributed by atoms with Gasteiger partial charge in [0.25, 0.3) is 5.91 Å². The lowest BCUT2D eigenvalue weighted by atomic mass is 10.1. The first kappa shape index (κ1) is 13.4. The van der Waals surface area contributed by atoms with Crippen LogP contribution in [0.3, 0.4) is 0 Å². The van der Waals surface area contributed by atoms with Gasteiger partial charge in [0.15, 0.2) is 0 Å². The van der Waals surface area contributed by atoms with E-state index in [1.807, 2.05) is 7.05 Å². The number of aromatic nitrogens is 1. The summed E-state index contributed by atoms with van der Waals surface area (Å²) in [5.41, 5.74) is 3.60. The Bertz CT molecular complexity index is 377. The van der Waals surface area contributed by atoms with Crippen LogP contribution in [-0.4, -0.2) is 28.9 Å². The van der Waals surface area contributed by atoms with Gasteiger partial charge in [0.05, 0.1) is 17.4 Å². The average molecular weight is 236 g/mol. The summed E-state index contributed by atoms with van der Waals surface area (Å²) in [6.45, 7) is 4.15. The highest BCUT2D eigenvalue weighted by Crippen LogP contribution is 2.17. The van der Waals surface area contributed by atoms with Crippen LogP contribution in [0.25, 0.3) is 0 Å². The summed E-state index contributed by atoms with van der Waals surface area (Å²) in [6.07, 6.45) is 5.02. The third-order valence-electron chi connectivity index (χ3n) is 3.02. The summed E-state index contributed by atoms with van der Waals surface area (Å²) in [6, 6.07) is 1.93. The Balaban J connectivity index is 2.95. The molecule has 1 aromatic rings. The van der Waals surface area contributed by atoms with Crippen LogP contribution in [0.5, 0.6) is 0 Å². The molecule has 5 nitrogen and oxygen atoms in total. The predicted octanol–water partition coefficient (Wildman–Crippen LogP) is 1.63. The standard InChI is InChI=1S/C12H20N4O/c1-4-9(5-2)16(3)12(17)10-6-7-14-8-11(10)15-13/h6-9,15H,4-5,13H2,1-3H3. The molecule has 5 heteroatoms. The summed E-state index contributed by atoms with van der Waals surface area (Å²) in [4.78, 5) is 18.0. The molecule has 1 rings (SSSR count). The van der Waals surface area contributed by atoms with Gasteiger partial charge in [-0.1, -0.05) is 13.8 Å². The molecular weight excluding hydrogens is 216 g/mol. The number of carbonyl (C=O) groups is 1. The number of rotatable bonds is 5. The molecule has 0 aliphatic heterocycles. The first-order valence-corrected chi connectivity index (χ1v) is 5.83. The van der Waals surface area contributed by atoms with Gasteiger partial charge in [0, 0.05) is 19.3 Å². The molecule has 0 aromatic carbocycles. The van der Waals surface area contributed by atoms with Crippen molar-refractivity contribution in [3.63, 3.8) is 0 Å². The highest BCUT2D eigenvalue weighted by molar-refractivity contribution is 5.99. The van der Waals surface area contributed by atoms with Gasteiger partial charge in [-0.15, -0.1) is 0 Å². The lowest BCUT2D eigenvalue weighted by Crippen LogP contribution is -2.36. The minimum atomic E-state index is -0.0333. The fourth-order valence-corrected chi connectivity index (χ4v) is 1.89. The zero-order chi connectivity index (χ0) is 12.8. The Kier molecular flexibility index (Phi) is 4.90. The van der Waals surface area contributed by atoms with Crippen LogP contribution < -0.4 is 11.3 Å². The van der Waals surface area contributed by atoms with Gasteiger partial charge in [0.2, 0.25) is 0 Å². The van der Waals surface area contributed by atoms with Gasteiger partial charge in [-0.05, 0) is 18.9 Å². The summed E-state index contributed by atoms with van der Waals surface area (Å²) < 4.78 is 0. The Labute approximate surface area is 102 Å². The topological polar surface area (TPSA) is 71.2 Å². The molecule has 0 saturated carbocycles. The SMILES string of the molecule is CCC(CC)N(C)C(=O)c1ccncc1NN. The van der Waals surface area contributed by atoms with Crippen LogP contribution in [0.15, 0.2) is 18.5 Å². The molecule has 0 saturated heterocycles. The average Bonchev–Trinajstić information content (AvgIpc) is 2.39. The van der Waals surface area contributed by atoms with Gasteiger partial charge < -0.3 is 10.3 Å². The molecule has 0 fully saturated rings. The minimum absolute atomic E-state index is 0.0333. The normalized spacial score (nSPS) is 10.4. The van der Waals surface area contributed by atoms with Crippen molar-refractivity contribution in [3.05, 3.63) is 24.0 Å². The second-order valence-electron chi connectivity index (χ2n) is 3.95. The number of anilines is 1. The molecule has 0 aliphatic carbocycles. The molecule has 1 heterocycles. The third kappa shape index (κ3) is 2.94. The van der Waals surface area contributed by atoms with E-state index in [1.54, 1.807) is 23.4 Å². The van der Waals surface area contributed by atoms with E-state index < -0.39 is 0 Å². The molecule has 0 radical (unpaired) electrons. The second-order valence-corrected chi connectivity index (χ2v) is 3.95. The molecule has 0 bridgehead atoms. The van der Waals surface area contributed by atoms with Gasteiger partial charge in [-0.25, -0.2) is 0 Å². The summed E-state index contributed by atoms with van der Waals surface area (Å²) in [5.74, 6) is 5.34. The smallest absolute Gasteiger partial charge is 0.256 e. The number of pyridine rings is 1. The first-order valence-electron chi connectivity index (χ1n) is 5.83. The maximum Gasteiger partial charge on any atom is 0.256 e. The number of carbonyl (C=O) groups excluding carboxylic acids is 1. The van der Waals surface area contributed by atoms with Crippen LogP contribution in [0.2, 0.25) is 0 Å². The van der Waals surface area contributed by atoms with E-state index >= 15 is 0 Å². The maximum absolute atomic E-state index is 12.3. The zero-order valence-electron chi connectivity index (χ0n) is 10.6. The molecule has 94 valence electrons. The van der Waals surface area contributed by atoms with Gasteiger partial charge >= 0.3 is 0 Å². The van der Waals surface area contributed by atoms with E-state index in [1.165, 1.54) is 0 Å². The van der Waals surface area contributed by atoms with Crippen LogP contribution in [0, 0.1) is 0 Å². The molecule has 0 spiro atoms. The fraction of sp³-hybridized carbons (Fsp3) is 0.500. The molecular formula is C12H20N4O. The lowest BCUT2D eigenvalue weighted by Gasteiger charge is -2.26. The molecule has 0 unspecified atom stereocenters. The summed E-state index contributed by atoms with van der Waals surface area (Å²) >= 11 is 0. The zero-order valence-corrected chi connectivity index (χ0v) is 10.6. The number of nitrogens with two attached hydrogens (primary N) is 1. The molecule has 0 atom stereocenters. The van der Waals surface area contributed by atoms with E-state index in [4.69, 9.17) is 5.84 Å². The van der Waals surface area contributed by atoms with Crippen molar-refractivity contribution in [2.75, 3.05) is 12.5 Å². The second kappa shape index (κ2) is 6.20. The Morgan fingerprint density at radius 2 is 2.18 bits per heavy atom. The summed E-state index contributed by atoms with van der Waals surface area (Å²) in [5, 5.41) is 0. The van der Waals surface area contributed by atoms with Crippen molar-refractivity contribution in [2.45, 2.75) is 32.7 Å². The number of nitrogen functional groups attached to an aromatic ring is 1. The van der Waals surface area contributed by atoms with Crippen molar-refractivity contribution in [2.24, 2.45) is 5.84 Å². The number of hydrazine groups is 1. The van der Waals surface area contributed by atoms with Gasteiger partial charge in [-0.3, -0.25) is 15.6 Å². The molecule has 3 N–H and O–H groups in total. The third-order valence-corrected chi connectivity index (χ3v) is 3.02. The maximum atomic E-state index is 12.3. The predicted molar refractivity (Wildman–Crippen MR) is 68.5 cm³/mol. The minimum Gasteiger partial charge on any atom is -0.339 e. The van der Waals surface area contributed by atoms with Crippen molar-refractivity contribution < 1.29 is 4.79 Å². The van der Waals surface area contributed by atoms with Crippen molar-refractivity contribution in [3.8, 4) is 0 Å². The van der Waals surface area contributed by atoms with Crippen LogP contribution in [-0.2, 0) is 0 Å². The van der Waals surface area contributed by atoms with Crippen molar-refractivity contribution in [1.29, 1.82) is 0 Å². The molecule has 0 aliphatic rings. The molecule has 17 heavy (non-hydrogen) atoms. The highest BCUT2D eigenvalue weighted by Gasteiger charge is 2.20. The lowest BCUT2D eigenvalue weighted by molar-refractivity contribution is 0.0724. The molecule has 1 aromatic heterocycles. The molecule has 1 amide bonds. The number of hydrogen-bond acceptors (Lipinski definition) is 4. The van der Waals surface area contributed by atoms with Crippen LogP contribution in [0.1, 0.15) is 37.0 Å². The van der Waals surface area contributed by atoms with E-state index in [0.717, 1.165) is 12.8 Å². The summed E-state index contributed by atoms with van der Waals surface area (Å²) in [7, 11) is 1.82. The van der Waals surface area contributed by atoms with Gasteiger partial charge in [-0.2, -0.15) is 0 Å². The van der Waals surface area contributed by atoms with Crippen molar-refractivity contribution in [1.82, 2.24) is 9.88 Å². The number of amides is 1.